The number of hydrogen-bond donors (Lipinski definition) is 1. The van der Waals surface area contributed by atoms with Gasteiger partial charge in [0.15, 0.2) is 9.84 Å². The van der Waals surface area contributed by atoms with E-state index in [4.69, 9.17) is 0 Å². The smallest absolute Gasteiger partial charge is 0.235 e. The Bertz CT molecular complexity index is 987. The molecule has 0 fully saturated rings. The first-order chi connectivity index (χ1) is 14.0. The van der Waals surface area contributed by atoms with Crippen molar-refractivity contribution in [3.8, 4) is 0 Å². The van der Waals surface area contributed by atoms with Crippen molar-refractivity contribution in [3.05, 3.63) is 59.7 Å². The fraction of sp³-hybridized carbons (Fsp3) is 0.364. The lowest BCUT2D eigenvalue weighted by molar-refractivity contribution is -0.130. The predicted octanol–water partition coefficient (Wildman–Crippen LogP) is 3.68. The summed E-state index contributed by atoms with van der Waals surface area (Å²) < 4.78 is 23.2. The van der Waals surface area contributed by atoms with E-state index in [-0.39, 0.29) is 28.5 Å². The van der Waals surface area contributed by atoms with Crippen molar-refractivity contribution < 1.29 is 18.0 Å². The van der Waals surface area contributed by atoms with Crippen LogP contribution in [0, 0.1) is 6.92 Å². The topological polar surface area (TPSA) is 83.6 Å². The molecule has 0 saturated heterocycles. The number of nitrogens with one attached hydrogen (secondary N) is 1. The first kappa shape index (κ1) is 24.0. The molecule has 0 aliphatic heterocycles. The molecule has 2 aromatic rings. The summed E-state index contributed by atoms with van der Waals surface area (Å²) in [6.07, 6.45) is 1.16. The Morgan fingerprint density at radius 3 is 2.13 bits per heavy atom. The van der Waals surface area contributed by atoms with E-state index in [1.54, 1.807) is 43.1 Å². The van der Waals surface area contributed by atoms with Gasteiger partial charge in [0.05, 0.1) is 21.9 Å². The lowest BCUT2D eigenvalue weighted by Gasteiger charge is -2.28. The van der Waals surface area contributed by atoms with Gasteiger partial charge in [-0.2, -0.15) is 0 Å². The standard InChI is InChI=1S/C22H28N2O4S2/c1-15-6-10-19(11-7-15)23-21(25)14-29-17(3)22(26)24(4)16(2)18-8-12-20(13-9-18)30(5,27)28/h6-13,16-17H,14H2,1-5H3,(H,23,25). The van der Waals surface area contributed by atoms with E-state index in [2.05, 4.69) is 5.32 Å². The number of amides is 2. The van der Waals surface area contributed by atoms with Crippen LogP contribution in [0.25, 0.3) is 0 Å². The maximum atomic E-state index is 12.8. The van der Waals surface area contributed by atoms with E-state index in [0.717, 1.165) is 23.1 Å². The van der Waals surface area contributed by atoms with E-state index in [1.807, 2.05) is 38.1 Å². The Morgan fingerprint density at radius 2 is 1.60 bits per heavy atom. The summed E-state index contributed by atoms with van der Waals surface area (Å²) >= 11 is 1.28. The summed E-state index contributed by atoms with van der Waals surface area (Å²) in [5.74, 6) is -0.0788. The Balaban J connectivity index is 1.91. The van der Waals surface area contributed by atoms with E-state index in [1.165, 1.54) is 11.8 Å². The van der Waals surface area contributed by atoms with E-state index < -0.39 is 15.1 Å². The molecular formula is C22H28N2O4S2. The summed E-state index contributed by atoms with van der Waals surface area (Å²) in [5, 5.41) is 2.43. The zero-order valence-electron chi connectivity index (χ0n) is 17.9. The number of aryl methyl sites for hydroxylation is 1. The molecule has 2 unspecified atom stereocenters. The van der Waals surface area contributed by atoms with E-state index in [9.17, 15) is 18.0 Å². The maximum absolute atomic E-state index is 12.8. The monoisotopic (exact) mass is 448 g/mol. The first-order valence-corrected chi connectivity index (χ1v) is 12.5. The van der Waals surface area contributed by atoms with Gasteiger partial charge in [-0.3, -0.25) is 9.59 Å². The number of rotatable bonds is 8. The van der Waals surface area contributed by atoms with Gasteiger partial charge in [0, 0.05) is 19.0 Å². The van der Waals surface area contributed by atoms with Gasteiger partial charge in [0.1, 0.15) is 0 Å². The minimum Gasteiger partial charge on any atom is -0.338 e. The minimum atomic E-state index is -3.26. The van der Waals surface area contributed by atoms with Crippen LogP contribution in [-0.4, -0.2) is 49.4 Å². The van der Waals surface area contributed by atoms with Crippen LogP contribution < -0.4 is 5.32 Å². The molecule has 0 spiro atoms. The Morgan fingerprint density at radius 1 is 1.03 bits per heavy atom. The van der Waals surface area contributed by atoms with Crippen LogP contribution in [0.4, 0.5) is 5.69 Å². The van der Waals surface area contributed by atoms with E-state index in [0.29, 0.717) is 0 Å². The highest BCUT2D eigenvalue weighted by atomic mass is 32.2. The number of hydrogen-bond acceptors (Lipinski definition) is 5. The van der Waals surface area contributed by atoms with Crippen LogP contribution >= 0.6 is 11.8 Å². The Hall–Kier alpha value is -2.32. The van der Waals surface area contributed by atoms with Crippen molar-refractivity contribution in [1.82, 2.24) is 4.90 Å². The van der Waals surface area contributed by atoms with E-state index >= 15 is 0 Å². The van der Waals surface area contributed by atoms with Crippen molar-refractivity contribution in [2.75, 3.05) is 24.4 Å². The SMILES string of the molecule is Cc1ccc(NC(=O)CSC(C)C(=O)N(C)C(C)c2ccc(S(C)(=O)=O)cc2)cc1. The van der Waals surface area contributed by atoms with Crippen molar-refractivity contribution in [2.45, 2.75) is 37.0 Å². The molecule has 0 saturated carbocycles. The highest BCUT2D eigenvalue weighted by Gasteiger charge is 2.24. The highest BCUT2D eigenvalue weighted by Crippen LogP contribution is 2.24. The normalized spacial score (nSPS) is 13.4. The molecule has 0 bridgehead atoms. The number of carbonyl (C=O) groups is 2. The lowest BCUT2D eigenvalue weighted by atomic mass is 10.1. The van der Waals surface area contributed by atoms with Gasteiger partial charge in [-0.05, 0) is 50.6 Å². The van der Waals surface area contributed by atoms with Gasteiger partial charge in [0.25, 0.3) is 0 Å². The molecule has 6 nitrogen and oxygen atoms in total. The van der Waals surface area contributed by atoms with Crippen LogP contribution in [0.3, 0.4) is 0 Å². The molecular weight excluding hydrogens is 420 g/mol. The Kier molecular flexibility index (Phi) is 8.09. The molecule has 0 aliphatic rings. The zero-order chi connectivity index (χ0) is 22.5. The van der Waals surface area contributed by atoms with Gasteiger partial charge in [-0.1, -0.05) is 29.8 Å². The summed E-state index contributed by atoms with van der Waals surface area (Å²) in [7, 11) is -1.55. The molecule has 30 heavy (non-hydrogen) atoms. The average Bonchev–Trinajstić information content (AvgIpc) is 2.71. The second-order valence-electron chi connectivity index (χ2n) is 7.33. The number of anilines is 1. The third-order valence-electron chi connectivity index (χ3n) is 4.87. The predicted molar refractivity (Wildman–Crippen MR) is 122 cm³/mol. The van der Waals surface area contributed by atoms with Crippen LogP contribution in [0.1, 0.15) is 31.0 Å². The molecule has 162 valence electrons. The molecule has 0 aliphatic carbocycles. The van der Waals surface area contributed by atoms with Crippen molar-refractivity contribution in [1.29, 1.82) is 0 Å². The molecule has 1 N–H and O–H groups in total. The van der Waals surface area contributed by atoms with Gasteiger partial charge in [0.2, 0.25) is 11.8 Å². The number of thioether (sulfide) groups is 1. The fourth-order valence-electron chi connectivity index (χ4n) is 2.80. The minimum absolute atomic E-state index is 0.0946. The molecule has 0 heterocycles. The van der Waals surface area contributed by atoms with Crippen molar-refractivity contribution >= 4 is 39.1 Å². The summed E-state index contributed by atoms with van der Waals surface area (Å²) in [6, 6.07) is 13.8. The van der Waals surface area contributed by atoms with Crippen LogP contribution in [0.5, 0.6) is 0 Å². The zero-order valence-corrected chi connectivity index (χ0v) is 19.5. The van der Waals surface area contributed by atoms with Crippen LogP contribution in [0.2, 0.25) is 0 Å². The number of benzene rings is 2. The average molecular weight is 449 g/mol. The molecule has 2 rings (SSSR count). The molecule has 2 atom stereocenters. The largest absolute Gasteiger partial charge is 0.338 e. The van der Waals surface area contributed by atoms with Crippen molar-refractivity contribution in [2.24, 2.45) is 0 Å². The van der Waals surface area contributed by atoms with Gasteiger partial charge in [-0.25, -0.2) is 8.42 Å². The van der Waals surface area contributed by atoms with Crippen LogP contribution in [0.15, 0.2) is 53.4 Å². The van der Waals surface area contributed by atoms with Crippen LogP contribution in [-0.2, 0) is 19.4 Å². The van der Waals surface area contributed by atoms with Gasteiger partial charge in [-0.15, -0.1) is 11.8 Å². The lowest BCUT2D eigenvalue weighted by Crippen LogP contribution is -2.36. The summed E-state index contributed by atoms with van der Waals surface area (Å²) in [6.45, 7) is 5.64. The second-order valence-corrected chi connectivity index (χ2v) is 10.7. The summed E-state index contributed by atoms with van der Waals surface area (Å²) in [5.41, 5.74) is 2.69. The number of sulfone groups is 1. The molecule has 0 aromatic heterocycles. The van der Waals surface area contributed by atoms with Gasteiger partial charge >= 0.3 is 0 Å². The molecule has 2 amide bonds. The van der Waals surface area contributed by atoms with Gasteiger partial charge < -0.3 is 10.2 Å². The quantitative estimate of drug-likeness (QED) is 0.666. The number of nitrogens with zero attached hydrogens (tertiary/aromatic N) is 1. The summed E-state index contributed by atoms with van der Waals surface area (Å²) in [4.78, 5) is 26.8. The highest BCUT2D eigenvalue weighted by molar-refractivity contribution is 8.01. The molecule has 0 radical (unpaired) electrons. The Labute approximate surface area is 183 Å². The third-order valence-corrected chi connectivity index (χ3v) is 7.13. The number of carbonyl (C=O) groups excluding carboxylic acids is 2. The first-order valence-electron chi connectivity index (χ1n) is 9.54. The molecule has 8 heteroatoms. The third kappa shape index (κ3) is 6.60. The molecule has 2 aromatic carbocycles. The fourth-order valence-corrected chi connectivity index (χ4v) is 4.21. The second kappa shape index (κ2) is 10.1. The maximum Gasteiger partial charge on any atom is 0.235 e. The van der Waals surface area contributed by atoms with Crippen molar-refractivity contribution in [3.63, 3.8) is 0 Å².